The van der Waals surface area contributed by atoms with Crippen LogP contribution in [-0.2, 0) is 11.3 Å². The van der Waals surface area contributed by atoms with Gasteiger partial charge in [0.25, 0.3) is 5.56 Å². The average molecular weight is 498 g/mol. The highest BCUT2D eigenvalue weighted by Crippen LogP contribution is 2.34. The van der Waals surface area contributed by atoms with Crippen LogP contribution in [0.2, 0.25) is 0 Å². The molecular formula is C29H31N5O3. The molecule has 190 valence electrons. The van der Waals surface area contributed by atoms with Crippen LogP contribution in [0.4, 0.5) is 5.69 Å². The monoisotopic (exact) mass is 497 g/mol. The van der Waals surface area contributed by atoms with Gasteiger partial charge >= 0.3 is 0 Å². The van der Waals surface area contributed by atoms with E-state index in [1.165, 1.54) is 18.9 Å². The number of benzene rings is 1. The van der Waals surface area contributed by atoms with E-state index in [2.05, 4.69) is 21.4 Å². The molecule has 0 bridgehead atoms. The van der Waals surface area contributed by atoms with Gasteiger partial charge < -0.3 is 24.5 Å². The van der Waals surface area contributed by atoms with Crippen LogP contribution in [0.5, 0.6) is 5.75 Å². The van der Waals surface area contributed by atoms with Crippen LogP contribution in [0, 0.1) is 5.92 Å². The number of methoxy groups -OCH3 is 1. The van der Waals surface area contributed by atoms with Crippen molar-refractivity contribution < 1.29 is 9.53 Å². The molecule has 1 aromatic carbocycles. The zero-order chi connectivity index (χ0) is 25.9. The van der Waals surface area contributed by atoms with Gasteiger partial charge in [-0.2, -0.15) is 0 Å². The van der Waals surface area contributed by atoms with Gasteiger partial charge in [-0.15, -0.1) is 0 Å². The van der Waals surface area contributed by atoms with Crippen LogP contribution in [0.1, 0.15) is 12.8 Å². The highest BCUT2D eigenvalue weighted by atomic mass is 16.5. The first kappa shape index (κ1) is 24.5. The first-order chi connectivity index (χ1) is 17.9. The Balaban J connectivity index is 1.47. The summed E-state index contributed by atoms with van der Waals surface area (Å²) in [5.74, 6) is 1.03. The molecule has 3 heterocycles. The van der Waals surface area contributed by atoms with Gasteiger partial charge in [0.1, 0.15) is 11.4 Å². The molecule has 4 aromatic rings. The van der Waals surface area contributed by atoms with Crippen molar-refractivity contribution in [1.29, 1.82) is 0 Å². The molecule has 1 saturated carbocycles. The van der Waals surface area contributed by atoms with E-state index in [4.69, 9.17) is 4.74 Å². The van der Waals surface area contributed by atoms with Crippen LogP contribution in [0.25, 0.3) is 33.3 Å². The van der Waals surface area contributed by atoms with Gasteiger partial charge in [-0.3, -0.25) is 9.59 Å². The predicted octanol–water partition coefficient (Wildman–Crippen LogP) is 4.53. The SMILES string of the molecule is COc1cc(NC(=O)/C=C/CN(C)C)cc(-c2cnc3[nH]cc(-c4ccc(=O)n(CC5CC5)c4)c3c2)c1. The highest BCUT2D eigenvalue weighted by Gasteiger charge is 2.22. The highest BCUT2D eigenvalue weighted by molar-refractivity contribution is 6.00. The Kier molecular flexibility index (Phi) is 6.92. The van der Waals surface area contributed by atoms with Crippen LogP contribution >= 0.6 is 0 Å². The Hall–Kier alpha value is -4.17. The van der Waals surface area contributed by atoms with Crippen LogP contribution in [-0.4, -0.2) is 53.1 Å². The number of nitrogens with zero attached hydrogens (tertiary/aromatic N) is 3. The number of aromatic amines is 1. The van der Waals surface area contributed by atoms with Gasteiger partial charge in [-0.1, -0.05) is 6.08 Å². The number of carbonyl (C=O) groups excluding carboxylic acids is 1. The summed E-state index contributed by atoms with van der Waals surface area (Å²) in [6.07, 6.45) is 11.4. The van der Waals surface area contributed by atoms with E-state index < -0.39 is 0 Å². The normalized spacial score (nSPS) is 13.5. The van der Waals surface area contributed by atoms with Gasteiger partial charge in [-0.05, 0) is 62.7 Å². The van der Waals surface area contributed by atoms with Crippen LogP contribution < -0.4 is 15.6 Å². The maximum absolute atomic E-state index is 12.4. The lowest BCUT2D eigenvalue weighted by molar-refractivity contribution is -0.111. The number of ether oxygens (including phenoxy) is 1. The summed E-state index contributed by atoms with van der Waals surface area (Å²) < 4.78 is 7.32. The number of amides is 1. The molecule has 8 heteroatoms. The Labute approximate surface area is 215 Å². The molecule has 0 unspecified atom stereocenters. The minimum atomic E-state index is -0.205. The lowest BCUT2D eigenvalue weighted by Gasteiger charge is -2.11. The third kappa shape index (κ3) is 5.81. The van der Waals surface area contributed by atoms with Crippen molar-refractivity contribution in [1.82, 2.24) is 19.4 Å². The molecule has 37 heavy (non-hydrogen) atoms. The molecule has 1 amide bonds. The average Bonchev–Trinajstić information content (AvgIpc) is 3.60. The minimum absolute atomic E-state index is 0.0248. The zero-order valence-corrected chi connectivity index (χ0v) is 21.3. The maximum Gasteiger partial charge on any atom is 0.250 e. The summed E-state index contributed by atoms with van der Waals surface area (Å²) in [7, 11) is 5.49. The Morgan fingerprint density at radius 2 is 2.03 bits per heavy atom. The van der Waals surface area contributed by atoms with E-state index in [1.807, 2.05) is 60.2 Å². The molecule has 2 N–H and O–H groups in total. The second-order valence-electron chi connectivity index (χ2n) is 9.78. The largest absolute Gasteiger partial charge is 0.497 e. The van der Waals surface area contributed by atoms with Crippen molar-refractivity contribution in [3.8, 4) is 28.0 Å². The van der Waals surface area contributed by atoms with Crippen molar-refractivity contribution in [2.24, 2.45) is 5.92 Å². The molecule has 5 rings (SSSR count). The Bertz CT molecular complexity index is 1530. The van der Waals surface area contributed by atoms with Crippen molar-refractivity contribution in [3.63, 3.8) is 0 Å². The number of likely N-dealkylation sites (N-methyl/N-ethyl adjacent to an activating group) is 1. The van der Waals surface area contributed by atoms with E-state index in [0.29, 0.717) is 23.9 Å². The molecule has 8 nitrogen and oxygen atoms in total. The lowest BCUT2D eigenvalue weighted by atomic mass is 10.0. The number of hydrogen-bond acceptors (Lipinski definition) is 5. The number of rotatable bonds is 9. The number of anilines is 1. The molecule has 0 aliphatic heterocycles. The second kappa shape index (κ2) is 10.4. The number of nitrogens with one attached hydrogen (secondary N) is 2. The summed E-state index contributed by atoms with van der Waals surface area (Å²) in [6, 6.07) is 11.2. The fourth-order valence-electron chi connectivity index (χ4n) is 4.32. The van der Waals surface area contributed by atoms with Gasteiger partial charge in [0.05, 0.1) is 7.11 Å². The summed E-state index contributed by atoms with van der Waals surface area (Å²) in [5.41, 5.74) is 5.13. The molecule has 1 fully saturated rings. The van der Waals surface area contributed by atoms with E-state index in [9.17, 15) is 9.59 Å². The molecule has 1 aliphatic carbocycles. The van der Waals surface area contributed by atoms with Crippen molar-refractivity contribution in [3.05, 3.63) is 77.5 Å². The van der Waals surface area contributed by atoms with Crippen LogP contribution in [0.3, 0.4) is 0 Å². The number of fused-ring (bicyclic) bond motifs is 1. The first-order valence-corrected chi connectivity index (χ1v) is 12.4. The van der Waals surface area contributed by atoms with Gasteiger partial charge in [0, 0.05) is 77.7 Å². The smallest absolute Gasteiger partial charge is 0.250 e. The molecular weight excluding hydrogens is 466 g/mol. The fraction of sp³-hybridized carbons (Fsp3) is 0.276. The van der Waals surface area contributed by atoms with Gasteiger partial charge in [0.2, 0.25) is 5.91 Å². The van der Waals surface area contributed by atoms with Crippen LogP contribution in [0.15, 0.2) is 71.9 Å². The minimum Gasteiger partial charge on any atom is -0.497 e. The van der Waals surface area contributed by atoms with E-state index in [-0.39, 0.29) is 11.5 Å². The molecule has 0 radical (unpaired) electrons. The molecule has 3 aromatic heterocycles. The first-order valence-electron chi connectivity index (χ1n) is 12.4. The Morgan fingerprint density at radius 3 is 2.78 bits per heavy atom. The molecule has 0 saturated heterocycles. The predicted molar refractivity (Wildman–Crippen MR) is 147 cm³/mol. The summed E-state index contributed by atoms with van der Waals surface area (Å²) in [5, 5.41) is 3.87. The third-order valence-corrected chi connectivity index (χ3v) is 6.46. The number of hydrogen-bond donors (Lipinski definition) is 2. The number of aromatic nitrogens is 3. The number of carbonyl (C=O) groups is 1. The van der Waals surface area contributed by atoms with Crippen molar-refractivity contribution in [2.75, 3.05) is 33.1 Å². The fourth-order valence-corrected chi connectivity index (χ4v) is 4.32. The second-order valence-corrected chi connectivity index (χ2v) is 9.78. The summed E-state index contributed by atoms with van der Waals surface area (Å²) in [4.78, 5) is 34.6. The van der Waals surface area contributed by atoms with E-state index in [1.54, 1.807) is 25.4 Å². The Morgan fingerprint density at radius 1 is 1.19 bits per heavy atom. The quantitative estimate of drug-likeness (QED) is 0.332. The summed E-state index contributed by atoms with van der Waals surface area (Å²) >= 11 is 0. The molecule has 0 atom stereocenters. The number of pyridine rings is 2. The van der Waals surface area contributed by atoms with E-state index in [0.717, 1.165) is 39.8 Å². The van der Waals surface area contributed by atoms with Crippen molar-refractivity contribution >= 4 is 22.6 Å². The third-order valence-electron chi connectivity index (χ3n) is 6.46. The van der Waals surface area contributed by atoms with E-state index >= 15 is 0 Å². The molecule has 0 spiro atoms. The standard InChI is InChI=1S/C29H31N5O3/c1-33(2)10-4-5-27(35)32-23-11-21(12-24(14-23)37-3)22-13-25-26(16-31-29(25)30-15-22)20-8-9-28(36)34(18-20)17-19-6-7-19/h4-5,8-9,11-16,18-19H,6-7,10,17H2,1-3H3,(H,30,31)(H,32,35)/b5-4+. The lowest BCUT2D eigenvalue weighted by Crippen LogP contribution is -2.19. The van der Waals surface area contributed by atoms with Crippen molar-refractivity contribution in [2.45, 2.75) is 19.4 Å². The molecule has 1 aliphatic rings. The number of H-pyrrole nitrogens is 1. The maximum atomic E-state index is 12.4. The summed E-state index contributed by atoms with van der Waals surface area (Å²) in [6.45, 7) is 1.45. The zero-order valence-electron chi connectivity index (χ0n) is 21.3. The van der Waals surface area contributed by atoms with Gasteiger partial charge in [0.15, 0.2) is 0 Å². The van der Waals surface area contributed by atoms with Gasteiger partial charge in [-0.25, -0.2) is 4.98 Å². The topological polar surface area (TPSA) is 92.2 Å².